The molecule has 0 radical (unpaired) electrons. The largest absolute Gasteiger partial charge is 0.480 e. The molecule has 0 aliphatic carbocycles. The van der Waals surface area contributed by atoms with Crippen LogP contribution in [0.5, 0.6) is 5.88 Å². The van der Waals surface area contributed by atoms with Crippen molar-refractivity contribution in [1.29, 1.82) is 0 Å². The average Bonchev–Trinajstić information content (AvgIpc) is 2.98. The molecule has 3 rings (SSSR count). The van der Waals surface area contributed by atoms with Crippen molar-refractivity contribution in [3.63, 3.8) is 0 Å². The molecule has 0 spiro atoms. The second-order valence-electron chi connectivity index (χ2n) is 4.46. The molecule has 1 N–H and O–H groups in total. The van der Waals surface area contributed by atoms with Gasteiger partial charge in [0.1, 0.15) is 5.69 Å². The number of ether oxygens (including phenoxy) is 1. The number of methoxy groups -OCH3 is 1. The van der Waals surface area contributed by atoms with Crippen molar-refractivity contribution in [1.82, 2.24) is 25.7 Å². The number of hydrogen-bond donors (Lipinski definition) is 1. The Morgan fingerprint density at radius 2 is 2.32 bits per heavy atom. The summed E-state index contributed by atoms with van der Waals surface area (Å²) >= 11 is 0. The van der Waals surface area contributed by atoms with Crippen LogP contribution in [0.2, 0.25) is 0 Å². The lowest BCUT2D eigenvalue weighted by atomic mass is 10.00. The molecule has 1 atom stereocenters. The van der Waals surface area contributed by atoms with Gasteiger partial charge in [-0.25, -0.2) is 0 Å². The Morgan fingerprint density at radius 3 is 3.00 bits per heavy atom. The van der Waals surface area contributed by atoms with Crippen molar-refractivity contribution in [3.8, 4) is 17.4 Å². The monoisotopic (exact) mass is 261 g/mol. The van der Waals surface area contributed by atoms with Crippen LogP contribution < -0.4 is 10.1 Å². The van der Waals surface area contributed by atoms with E-state index in [2.05, 4.69) is 25.7 Å². The molecule has 0 bridgehead atoms. The Labute approximate surface area is 110 Å². The van der Waals surface area contributed by atoms with Crippen LogP contribution in [0.15, 0.2) is 16.7 Å². The lowest BCUT2D eigenvalue weighted by Gasteiger charge is -2.18. The average molecular weight is 261 g/mol. The summed E-state index contributed by atoms with van der Waals surface area (Å²) in [5.74, 6) is 1.89. The van der Waals surface area contributed by atoms with Crippen molar-refractivity contribution < 1.29 is 9.26 Å². The highest BCUT2D eigenvalue weighted by molar-refractivity contribution is 5.47. The Hall–Kier alpha value is -2.02. The first-order chi connectivity index (χ1) is 9.36. The molecule has 100 valence electrons. The van der Waals surface area contributed by atoms with Gasteiger partial charge in [0.25, 0.3) is 0 Å². The first-order valence-electron chi connectivity index (χ1n) is 6.29. The Balaban J connectivity index is 1.79. The summed E-state index contributed by atoms with van der Waals surface area (Å²) < 4.78 is 10.3. The lowest BCUT2D eigenvalue weighted by molar-refractivity contribution is 0.322. The number of nitrogens with zero attached hydrogens (tertiary/aromatic N) is 4. The van der Waals surface area contributed by atoms with Crippen LogP contribution in [-0.4, -0.2) is 40.5 Å². The molecule has 7 heteroatoms. The summed E-state index contributed by atoms with van der Waals surface area (Å²) in [5.41, 5.74) is 0.583. The minimum atomic E-state index is 0.293. The first-order valence-corrected chi connectivity index (χ1v) is 6.29. The van der Waals surface area contributed by atoms with Crippen molar-refractivity contribution in [2.75, 3.05) is 20.2 Å². The number of hydrogen-bond acceptors (Lipinski definition) is 7. The molecular weight excluding hydrogens is 246 g/mol. The molecule has 1 aliphatic heterocycles. The molecule has 2 aromatic rings. The SMILES string of the molecule is COc1ccc(-c2noc([C@H]3CCCNC3)n2)nn1. The molecule has 19 heavy (non-hydrogen) atoms. The standard InChI is InChI=1S/C12H15N5O2/c1-18-10-5-4-9(15-16-10)11-14-12(19-17-11)8-3-2-6-13-7-8/h4-5,8,13H,2-3,6-7H2,1H3/t8-/m0/s1. The topological polar surface area (TPSA) is 86.0 Å². The van der Waals surface area contributed by atoms with Gasteiger partial charge >= 0.3 is 0 Å². The lowest BCUT2D eigenvalue weighted by Crippen LogP contribution is -2.28. The van der Waals surface area contributed by atoms with Crippen LogP contribution in [-0.2, 0) is 0 Å². The van der Waals surface area contributed by atoms with Crippen LogP contribution in [0.25, 0.3) is 11.5 Å². The van der Waals surface area contributed by atoms with Crippen molar-refractivity contribution >= 4 is 0 Å². The maximum atomic E-state index is 5.31. The van der Waals surface area contributed by atoms with Gasteiger partial charge in [-0.15, -0.1) is 10.2 Å². The van der Waals surface area contributed by atoms with E-state index in [1.165, 1.54) is 0 Å². The molecule has 1 fully saturated rings. The van der Waals surface area contributed by atoms with E-state index < -0.39 is 0 Å². The summed E-state index contributed by atoms with van der Waals surface area (Å²) in [6.07, 6.45) is 2.20. The van der Waals surface area contributed by atoms with Crippen LogP contribution in [0.4, 0.5) is 0 Å². The van der Waals surface area contributed by atoms with Crippen LogP contribution >= 0.6 is 0 Å². The third-order valence-electron chi connectivity index (χ3n) is 3.17. The van der Waals surface area contributed by atoms with Gasteiger partial charge in [-0.05, 0) is 25.5 Å². The van der Waals surface area contributed by atoms with Gasteiger partial charge in [-0.1, -0.05) is 5.16 Å². The summed E-state index contributed by atoms with van der Waals surface area (Å²) in [6, 6.07) is 3.49. The predicted octanol–water partition coefficient (Wildman–Crippen LogP) is 1.00. The van der Waals surface area contributed by atoms with Gasteiger partial charge in [-0.2, -0.15) is 4.98 Å². The minimum Gasteiger partial charge on any atom is -0.480 e. The van der Waals surface area contributed by atoms with E-state index in [0.717, 1.165) is 25.9 Å². The maximum Gasteiger partial charge on any atom is 0.233 e. The fraction of sp³-hybridized carbons (Fsp3) is 0.500. The fourth-order valence-electron chi connectivity index (χ4n) is 2.12. The van der Waals surface area contributed by atoms with Crippen LogP contribution in [0, 0.1) is 0 Å². The van der Waals surface area contributed by atoms with Gasteiger partial charge in [0.05, 0.1) is 13.0 Å². The quantitative estimate of drug-likeness (QED) is 0.882. The first kappa shape index (κ1) is 12.0. The number of piperidine rings is 1. The molecular formula is C12H15N5O2. The van der Waals surface area contributed by atoms with E-state index in [9.17, 15) is 0 Å². The molecule has 0 unspecified atom stereocenters. The zero-order valence-electron chi connectivity index (χ0n) is 10.7. The maximum absolute atomic E-state index is 5.31. The zero-order chi connectivity index (χ0) is 13.1. The molecule has 0 amide bonds. The Kier molecular flexibility index (Phi) is 3.37. The van der Waals surface area contributed by atoms with Gasteiger partial charge < -0.3 is 14.6 Å². The fourth-order valence-corrected chi connectivity index (χ4v) is 2.12. The van der Waals surface area contributed by atoms with Gasteiger partial charge in [0, 0.05) is 12.6 Å². The Morgan fingerprint density at radius 1 is 1.37 bits per heavy atom. The number of aromatic nitrogens is 4. The third-order valence-corrected chi connectivity index (χ3v) is 3.17. The Bertz CT molecular complexity index is 533. The molecule has 3 heterocycles. The minimum absolute atomic E-state index is 0.293. The molecule has 0 saturated carbocycles. The van der Waals surface area contributed by atoms with E-state index in [1.807, 2.05) is 0 Å². The van der Waals surface area contributed by atoms with E-state index in [0.29, 0.717) is 29.2 Å². The van der Waals surface area contributed by atoms with E-state index in [4.69, 9.17) is 9.26 Å². The highest BCUT2D eigenvalue weighted by Gasteiger charge is 2.22. The highest BCUT2D eigenvalue weighted by Crippen LogP contribution is 2.23. The number of rotatable bonds is 3. The summed E-state index contributed by atoms with van der Waals surface area (Å²) in [6.45, 7) is 1.94. The van der Waals surface area contributed by atoms with E-state index in [1.54, 1.807) is 19.2 Å². The third kappa shape index (κ3) is 2.55. The summed E-state index contributed by atoms with van der Waals surface area (Å²) in [5, 5.41) is 15.2. The number of nitrogens with one attached hydrogen (secondary N) is 1. The van der Waals surface area contributed by atoms with E-state index >= 15 is 0 Å². The van der Waals surface area contributed by atoms with Crippen molar-refractivity contribution in [3.05, 3.63) is 18.0 Å². The van der Waals surface area contributed by atoms with Crippen LogP contribution in [0.3, 0.4) is 0 Å². The molecule has 1 aliphatic rings. The van der Waals surface area contributed by atoms with Gasteiger partial charge in [-0.3, -0.25) is 0 Å². The molecule has 7 nitrogen and oxygen atoms in total. The summed E-state index contributed by atoms with van der Waals surface area (Å²) in [7, 11) is 1.55. The van der Waals surface area contributed by atoms with Gasteiger partial charge in [0.2, 0.25) is 17.6 Å². The van der Waals surface area contributed by atoms with Crippen molar-refractivity contribution in [2.45, 2.75) is 18.8 Å². The molecule has 0 aromatic carbocycles. The zero-order valence-corrected chi connectivity index (χ0v) is 10.7. The summed E-state index contributed by atoms with van der Waals surface area (Å²) in [4.78, 5) is 4.40. The second-order valence-corrected chi connectivity index (χ2v) is 4.46. The second kappa shape index (κ2) is 5.31. The molecule has 1 saturated heterocycles. The van der Waals surface area contributed by atoms with E-state index in [-0.39, 0.29) is 0 Å². The van der Waals surface area contributed by atoms with Crippen molar-refractivity contribution in [2.24, 2.45) is 0 Å². The smallest absolute Gasteiger partial charge is 0.233 e. The van der Waals surface area contributed by atoms with Gasteiger partial charge in [0.15, 0.2) is 0 Å². The molecule has 2 aromatic heterocycles. The normalized spacial score (nSPS) is 19.3. The predicted molar refractivity (Wildman–Crippen MR) is 66.7 cm³/mol. The van der Waals surface area contributed by atoms with Crippen LogP contribution in [0.1, 0.15) is 24.7 Å². The highest BCUT2D eigenvalue weighted by atomic mass is 16.5.